The van der Waals surface area contributed by atoms with Gasteiger partial charge in [-0.3, -0.25) is 9.59 Å². The second kappa shape index (κ2) is 6.22. The highest BCUT2D eigenvalue weighted by molar-refractivity contribution is 5.93. The maximum absolute atomic E-state index is 12.8. The summed E-state index contributed by atoms with van der Waals surface area (Å²) >= 11 is 0. The molecule has 0 unspecified atom stereocenters. The Hall–Kier alpha value is -2.04. The molecule has 0 saturated carbocycles. The quantitative estimate of drug-likeness (QED) is 0.806. The van der Waals surface area contributed by atoms with Gasteiger partial charge in [0.05, 0.1) is 11.8 Å². The summed E-state index contributed by atoms with van der Waals surface area (Å²) in [6, 6.07) is 1.81. The molecule has 23 heavy (non-hydrogen) atoms. The Balaban J connectivity index is 1.84. The molecule has 0 radical (unpaired) electrons. The number of carbonyl (C=O) groups is 2. The summed E-state index contributed by atoms with van der Waals surface area (Å²) in [5.74, 6) is 0.530. The fourth-order valence-electron chi connectivity index (χ4n) is 3.97. The van der Waals surface area contributed by atoms with Crippen LogP contribution >= 0.6 is 0 Å². The molecule has 0 bridgehead atoms. The highest BCUT2D eigenvalue weighted by Crippen LogP contribution is 2.37. The fraction of sp³-hybridized carbons (Fsp3) is 0.556. The molecule has 124 valence electrons. The molecule has 2 amide bonds. The summed E-state index contributed by atoms with van der Waals surface area (Å²) in [6.07, 6.45) is 7.64. The number of piperidine rings is 2. The molecule has 0 aromatic carbocycles. The van der Waals surface area contributed by atoms with Crippen LogP contribution in [0.3, 0.4) is 0 Å². The van der Waals surface area contributed by atoms with Crippen molar-refractivity contribution in [2.24, 2.45) is 0 Å². The number of furan rings is 1. The van der Waals surface area contributed by atoms with E-state index in [4.69, 9.17) is 4.42 Å². The number of amides is 2. The summed E-state index contributed by atoms with van der Waals surface area (Å²) in [6.45, 7) is 7.53. The number of nitrogens with zero attached hydrogens (tertiary/aromatic N) is 2. The van der Waals surface area contributed by atoms with Crippen molar-refractivity contribution >= 4 is 11.8 Å². The molecular weight excluding hydrogens is 292 g/mol. The summed E-state index contributed by atoms with van der Waals surface area (Å²) in [7, 11) is 0. The van der Waals surface area contributed by atoms with Crippen molar-refractivity contribution < 1.29 is 14.0 Å². The predicted molar refractivity (Wildman–Crippen MR) is 87.1 cm³/mol. The first kappa shape index (κ1) is 15.8. The van der Waals surface area contributed by atoms with Crippen LogP contribution in [0.2, 0.25) is 0 Å². The van der Waals surface area contributed by atoms with Crippen LogP contribution in [0.25, 0.3) is 0 Å². The van der Waals surface area contributed by atoms with E-state index in [9.17, 15) is 9.59 Å². The molecule has 1 aromatic rings. The lowest BCUT2D eigenvalue weighted by Gasteiger charge is -2.51. The Bertz CT molecular complexity index is 618. The molecule has 0 N–H and O–H groups in total. The first-order chi connectivity index (χ1) is 11.1. The van der Waals surface area contributed by atoms with Crippen molar-refractivity contribution in [3.8, 4) is 0 Å². The Morgan fingerprint density at radius 3 is 2.91 bits per heavy atom. The van der Waals surface area contributed by atoms with Gasteiger partial charge in [0.15, 0.2) is 5.76 Å². The predicted octanol–water partition coefficient (Wildman–Crippen LogP) is 2.76. The zero-order valence-electron chi connectivity index (χ0n) is 13.7. The largest absolute Gasteiger partial charge is 0.459 e. The Morgan fingerprint density at radius 1 is 1.43 bits per heavy atom. The van der Waals surface area contributed by atoms with Gasteiger partial charge in [-0.15, -0.1) is 6.58 Å². The average molecular weight is 316 g/mol. The first-order valence-electron chi connectivity index (χ1n) is 8.32. The van der Waals surface area contributed by atoms with Crippen molar-refractivity contribution in [1.29, 1.82) is 0 Å². The van der Waals surface area contributed by atoms with Gasteiger partial charge in [0.1, 0.15) is 0 Å². The van der Waals surface area contributed by atoms with Crippen LogP contribution in [0.4, 0.5) is 0 Å². The molecule has 0 aliphatic carbocycles. The summed E-state index contributed by atoms with van der Waals surface area (Å²) in [5.41, 5.74) is 0.620. The Kier molecular flexibility index (Phi) is 4.28. The fourth-order valence-corrected chi connectivity index (χ4v) is 3.97. The van der Waals surface area contributed by atoms with E-state index >= 15 is 0 Å². The third kappa shape index (κ3) is 2.80. The van der Waals surface area contributed by atoms with E-state index in [0.29, 0.717) is 25.3 Å². The molecular formula is C18H24N2O3. The minimum atomic E-state index is -0.238. The number of hydrogen-bond acceptors (Lipinski definition) is 3. The van der Waals surface area contributed by atoms with Crippen LogP contribution in [-0.2, 0) is 4.79 Å². The number of aryl methyl sites for hydroxylation is 1. The Morgan fingerprint density at radius 2 is 2.22 bits per heavy atom. The van der Waals surface area contributed by atoms with Crippen molar-refractivity contribution in [2.45, 2.75) is 44.6 Å². The molecule has 3 heterocycles. The zero-order valence-corrected chi connectivity index (χ0v) is 13.7. The molecule has 1 spiro atoms. The minimum absolute atomic E-state index is 0.0665. The normalized spacial score (nSPS) is 25.0. The maximum atomic E-state index is 12.8. The third-order valence-corrected chi connectivity index (χ3v) is 5.12. The molecule has 2 aliphatic rings. The molecule has 3 rings (SSSR count). The smallest absolute Gasteiger partial charge is 0.289 e. The highest BCUT2D eigenvalue weighted by atomic mass is 16.3. The van der Waals surface area contributed by atoms with Gasteiger partial charge in [-0.1, -0.05) is 6.08 Å². The van der Waals surface area contributed by atoms with E-state index < -0.39 is 0 Å². The lowest BCUT2D eigenvalue weighted by atomic mass is 9.79. The van der Waals surface area contributed by atoms with Gasteiger partial charge >= 0.3 is 0 Å². The van der Waals surface area contributed by atoms with E-state index in [1.54, 1.807) is 18.4 Å². The lowest BCUT2D eigenvalue weighted by molar-refractivity contribution is -0.143. The summed E-state index contributed by atoms with van der Waals surface area (Å²) in [4.78, 5) is 28.9. The standard InChI is InChI=1S/C18H24N2O3/c1-3-10-20-15(21)6-4-8-18(20)9-5-11-19(13-18)17(22)16-14(2)7-12-23-16/h3,7,12H,1,4-6,8-11,13H2,2H3/t18-/m0/s1. The topological polar surface area (TPSA) is 53.8 Å². The number of rotatable bonds is 3. The minimum Gasteiger partial charge on any atom is -0.459 e. The first-order valence-corrected chi connectivity index (χ1v) is 8.32. The van der Waals surface area contributed by atoms with Crippen molar-refractivity contribution in [3.63, 3.8) is 0 Å². The van der Waals surface area contributed by atoms with Gasteiger partial charge in [-0.05, 0) is 38.7 Å². The van der Waals surface area contributed by atoms with Gasteiger partial charge in [0.2, 0.25) is 5.91 Å². The van der Waals surface area contributed by atoms with Gasteiger partial charge in [-0.25, -0.2) is 0 Å². The molecule has 1 atom stereocenters. The highest BCUT2D eigenvalue weighted by Gasteiger charge is 2.45. The molecule has 2 aliphatic heterocycles. The van der Waals surface area contributed by atoms with Gasteiger partial charge < -0.3 is 14.2 Å². The number of carbonyl (C=O) groups excluding carboxylic acids is 2. The Labute approximate surface area is 136 Å². The lowest BCUT2D eigenvalue weighted by Crippen LogP contribution is -2.63. The van der Waals surface area contributed by atoms with E-state index in [-0.39, 0.29) is 17.4 Å². The molecule has 5 nitrogen and oxygen atoms in total. The summed E-state index contributed by atoms with van der Waals surface area (Å²) in [5, 5.41) is 0. The average Bonchev–Trinajstić information content (AvgIpc) is 2.97. The van der Waals surface area contributed by atoms with Crippen molar-refractivity contribution in [1.82, 2.24) is 9.80 Å². The van der Waals surface area contributed by atoms with E-state index in [2.05, 4.69) is 6.58 Å². The zero-order chi connectivity index (χ0) is 16.4. The second-order valence-electron chi connectivity index (χ2n) is 6.63. The van der Waals surface area contributed by atoms with E-state index in [1.165, 1.54) is 0 Å². The number of hydrogen-bond donors (Lipinski definition) is 0. The van der Waals surface area contributed by atoms with Crippen LogP contribution in [0.15, 0.2) is 29.4 Å². The van der Waals surface area contributed by atoms with Crippen molar-refractivity contribution in [2.75, 3.05) is 19.6 Å². The number of likely N-dealkylation sites (tertiary alicyclic amines) is 2. The maximum Gasteiger partial charge on any atom is 0.289 e. The monoisotopic (exact) mass is 316 g/mol. The molecule has 5 heteroatoms. The van der Waals surface area contributed by atoms with E-state index in [0.717, 1.165) is 37.8 Å². The van der Waals surface area contributed by atoms with Crippen LogP contribution in [-0.4, -0.2) is 46.8 Å². The van der Waals surface area contributed by atoms with Gasteiger partial charge in [-0.2, -0.15) is 0 Å². The van der Waals surface area contributed by atoms with Crippen LogP contribution in [0.5, 0.6) is 0 Å². The molecule has 2 saturated heterocycles. The van der Waals surface area contributed by atoms with Crippen LogP contribution < -0.4 is 0 Å². The third-order valence-electron chi connectivity index (χ3n) is 5.12. The summed E-state index contributed by atoms with van der Waals surface area (Å²) < 4.78 is 5.36. The van der Waals surface area contributed by atoms with Gasteiger partial charge in [0.25, 0.3) is 5.91 Å². The second-order valence-corrected chi connectivity index (χ2v) is 6.63. The van der Waals surface area contributed by atoms with Crippen molar-refractivity contribution in [3.05, 3.63) is 36.3 Å². The molecule has 1 aromatic heterocycles. The molecule has 2 fully saturated rings. The van der Waals surface area contributed by atoms with Crippen LogP contribution in [0, 0.1) is 6.92 Å². The SMILES string of the molecule is C=CCN1C(=O)CCC[C@@]12CCCN(C(=O)c1occc1C)C2. The van der Waals surface area contributed by atoms with E-state index in [1.807, 2.05) is 16.7 Å². The van der Waals surface area contributed by atoms with Gasteiger partial charge in [0, 0.05) is 31.6 Å². The van der Waals surface area contributed by atoms with Crippen LogP contribution in [0.1, 0.15) is 48.2 Å².